The number of rotatable bonds is 2. The van der Waals surface area contributed by atoms with Gasteiger partial charge < -0.3 is 9.47 Å². The van der Waals surface area contributed by atoms with Crippen LogP contribution < -0.4 is 5.56 Å². The largest absolute Gasteiger partial charge is 0.336 e. The second-order valence-electron chi connectivity index (χ2n) is 6.26. The third-order valence-corrected chi connectivity index (χ3v) is 4.43. The average Bonchev–Trinajstić information content (AvgIpc) is 2.88. The normalized spacial score (nSPS) is 18.2. The van der Waals surface area contributed by atoms with Crippen LogP contribution in [0.15, 0.2) is 29.2 Å². The van der Waals surface area contributed by atoms with Crippen LogP contribution in [0.5, 0.6) is 0 Å². The predicted octanol–water partition coefficient (Wildman–Crippen LogP) is 1.68. The van der Waals surface area contributed by atoms with E-state index < -0.39 is 0 Å². The zero-order valence-electron chi connectivity index (χ0n) is 13.8. The van der Waals surface area contributed by atoms with Crippen molar-refractivity contribution in [1.82, 2.24) is 19.2 Å². The lowest BCUT2D eigenvalue weighted by Gasteiger charge is -2.33. The molecule has 1 saturated heterocycles. The molecule has 6 heteroatoms. The Morgan fingerprint density at radius 1 is 1.35 bits per heavy atom. The number of pyridine rings is 1. The molecular formula is C17H22N4O2. The molecule has 3 rings (SSSR count). The Kier molecular flexibility index (Phi) is 4.07. The van der Waals surface area contributed by atoms with Crippen LogP contribution in [0.1, 0.15) is 40.6 Å². The molecule has 0 aliphatic carbocycles. The number of hydrogen-bond acceptors (Lipinski definition) is 3. The van der Waals surface area contributed by atoms with Crippen LogP contribution in [0.4, 0.5) is 0 Å². The molecule has 1 aliphatic heterocycles. The third kappa shape index (κ3) is 2.93. The fourth-order valence-corrected chi connectivity index (χ4v) is 3.29. The van der Waals surface area contributed by atoms with Gasteiger partial charge in [0.15, 0.2) is 0 Å². The van der Waals surface area contributed by atoms with Gasteiger partial charge >= 0.3 is 0 Å². The number of likely N-dealkylation sites (tertiary alicyclic amines) is 1. The SMILES string of the molecule is Cc1cc(C)n(C2CCCN(C(=O)c3cccn(C)c3=O)C2)n1. The van der Waals surface area contributed by atoms with Gasteiger partial charge in [0.2, 0.25) is 0 Å². The van der Waals surface area contributed by atoms with Crippen LogP contribution in [0.25, 0.3) is 0 Å². The molecule has 1 atom stereocenters. The first kappa shape index (κ1) is 15.5. The Balaban J connectivity index is 1.83. The van der Waals surface area contributed by atoms with Crippen LogP contribution >= 0.6 is 0 Å². The summed E-state index contributed by atoms with van der Waals surface area (Å²) in [6.07, 6.45) is 3.58. The number of carbonyl (C=O) groups excluding carboxylic acids is 1. The number of aromatic nitrogens is 3. The molecule has 122 valence electrons. The van der Waals surface area contributed by atoms with Crippen LogP contribution in [0.2, 0.25) is 0 Å². The minimum Gasteiger partial charge on any atom is -0.336 e. The highest BCUT2D eigenvalue weighted by atomic mass is 16.2. The first-order valence-electron chi connectivity index (χ1n) is 7.95. The number of amides is 1. The molecular weight excluding hydrogens is 292 g/mol. The molecule has 6 nitrogen and oxygen atoms in total. The van der Waals surface area contributed by atoms with E-state index in [0.29, 0.717) is 13.1 Å². The molecule has 2 aromatic heterocycles. The van der Waals surface area contributed by atoms with Gasteiger partial charge in [0.05, 0.1) is 11.7 Å². The summed E-state index contributed by atoms with van der Waals surface area (Å²) in [6, 6.07) is 5.57. The highest BCUT2D eigenvalue weighted by Gasteiger charge is 2.28. The molecule has 23 heavy (non-hydrogen) atoms. The Morgan fingerprint density at radius 3 is 2.83 bits per heavy atom. The first-order valence-corrected chi connectivity index (χ1v) is 7.95. The molecule has 3 heterocycles. The highest BCUT2D eigenvalue weighted by Crippen LogP contribution is 2.23. The van der Waals surface area contributed by atoms with Crippen LogP contribution in [0, 0.1) is 13.8 Å². The molecule has 1 aliphatic rings. The molecule has 1 fully saturated rings. The lowest BCUT2D eigenvalue weighted by Crippen LogP contribution is -2.43. The number of aryl methyl sites for hydroxylation is 3. The minimum atomic E-state index is -0.245. The zero-order valence-corrected chi connectivity index (χ0v) is 13.8. The lowest BCUT2D eigenvalue weighted by atomic mass is 10.0. The summed E-state index contributed by atoms with van der Waals surface area (Å²) >= 11 is 0. The van der Waals surface area contributed by atoms with Gasteiger partial charge in [-0.3, -0.25) is 14.3 Å². The van der Waals surface area contributed by atoms with E-state index in [0.717, 1.165) is 24.2 Å². The first-order chi connectivity index (χ1) is 11.0. The van der Waals surface area contributed by atoms with Gasteiger partial charge in [-0.25, -0.2) is 0 Å². The molecule has 0 spiro atoms. The van der Waals surface area contributed by atoms with E-state index in [4.69, 9.17) is 0 Å². The quantitative estimate of drug-likeness (QED) is 0.847. The van der Waals surface area contributed by atoms with Crippen molar-refractivity contribution in [1.29, 1.82) is 0 Å². The smallest absolute Gasteiger partial charge is 0.263 e. The van der Waals surface area contributed by atoms with Gasteiger partial charge in [-0.2, -0.15) is 5.10 Å². The standard InChI is InChI=1S/C17H22N4O2/c1-12-10-13(2)21(18-12)14-6-4-9-20(11-14)17(23)15-7-5-8-19(3)16(15)22/h5,7-8,10,14H,4,6,9,11H2,1-3H3. The second-order valence-corrected chi connectivity index (χ2v) is 6.26. The van der Waals surface area contributed by atoms with Crippen LogP contribution in [-0.4, -0.2) is 38.2 Å². The van der Waals surface area contributed by atoms with Gasteiger partial charge in [0.25, 0.3) is 11.5 Å². The summed E-state index contributed by atoms with van der Waals surface area (Å²) in [5.74, 6) is -0.183. The van der Waals surface area contributed by atoms with E-state index in [1.807, 2.05) is 24.6 Å². The van der Waals surface area contributed by atoms with Crippen molar-refractivity contribution in [2.75, 3.05) is 13.1 Å². The number of piperidine rings is 1. The molecule has 0 radical (unpaired) electrons. The second kappa shape index (κ2) is 6.02. The van der Waals surface area contributed by atoms with E-state index >= 15 is 0 Å². The predicted molar refractivity (Wildman–Crippen MR) is 87.6 cm³/mol. The van der Waals surface area contributed by atoms with Crippen molar-refractivity contribution >= 4 is 5.91 Å². The summed E-state index contributed by atoms with van der Waals surface area (Å²) < 4.78 is 3.45. The minimum absolute atomic E-state index is 0.175. The van der Waals surface area contributed by atoms with Crippen LogP contribution in [-0.2, 0) is 7.05 Å². The van der Waals surface area contributed by atoms with E-state index in [1.165, 1.54) is 4.57 Å². The summed E-state index contributed by atoms with van der Waals surface area (Å²) in [5, 5.41) is 4.54. The van der Waals surface area contributed by atoms with Crippen molar-refractivity contribution in [3.05, 3.63) is 51.7 Å². The van der Waals surface area contributed by atoms with Crippen LogP contribution in [0.3, 0.4) is 0 Å². The maximum absolute atomic E-state index is 12.7. The molecule has 1 amide bonds. The maximum atomic E-state index is 12.7. The number of hydrogen-bond donors (Lipinski definition) is 0. The Hall–Kier alpha value is -2.37. The van der Waals surface area contributed by atoms with E-state index in [9.17, 15) is 9.59 Å². The van der Waals surface area contributed by atoms with Crippen molar-refractivity contribution < 1.29 is 4.79 Å². The highest BCUT2D eigenvalue weighted by molar-refractivity contribution is 5.93. The molecule has 0 aromatic carbocycles. The van der Waals surface area contributed by atoms with Crippen molar-refractivity contribution in [3.8, 4) is 0 Å². The molecule has 0 bridgehead atoms. The van der Waals surface area contributed by atoms with E-state index in [2.05, 4.69) is 5.10 Å². The van der Waals surface area contributed by atoms with Gasteiger partial charge in [0.1, 0.15) is 5.56 Å². The third-order valence-electron chi connectivity index (χ3n) is 4.43. The Morgan fingerprint density at radius 2 is 2.13 bits per heavy atom. The lowest BCUT2D eigenvalue weighted by molar-refractivity contribution is 0.0669. The maximum Gasteiger partial charge on any atom is 0.263 e. The van der Waals surface area contributed by atoms with Gasteiger partial charge in [0, 0.05) is 32.0 Å². The molecule has 1 unspecified atom stereocenters. The fraction of sp³-hybridized carbons (Fsp3) is 0.471. The van der Waals surface area contributed by atoms with Gasteiger partial charge in [-0.05, 0) is 44.9 Å². The Bertz CT molecular complexity index is 790. The molecule has 0 saturated carbocycles. The zero-order chi connectivity index (χ0) is 16.6. The number of nitrogens with zero attached hydrogens (tertiary/aromatic N) is 4. The monoisotopic (exact) mass is 314 g/mol. The number of carbonyl (C=O) groups is 1. The molecule has 2 aromatic rings. The summed E-state index contributed by atoms with van der Waals surface area (Å²) in [5.41, 5.74) is 2.09. The van der Waals surface area contributed by atoms with E-state index in [-0.39, 0.29) is 23.1 Å². The van der Waals surface area contributed by atoms with Gasteiger partial charge in [-0.15, -0.1) is 0 Å². The summed E-state index contributed by atoms with van der Waals surface area (Å²) in [4.78, 5) is 26.7. The molecule has 0 N–H and O–H groups in total. The summed E-state index contributed by atoms with van der Waals surface area (Å²) in [7, 11) is 1.66. The van der Waals surface area contributed by atoms with E-state index in [1.54, 1.807) is 30.3 Å². The average molecular weight is 314 g/mol. The van der Waals surface area contributed by atoms with Crippen molar-refractivity contribution in [2.24, 2.45) is 7.05 Å². The van der Waals surface area contributed by atoms with Gasteiger partial charge in [-0.1, -0.05) is 0 Å². The van der Waals surface area contributed by atoms with Crippen molar-refractivity contribution in [3.63, 3.8) is 0 Å². The fourth-order valence-electron chi connectivity index (χ4n) is 3.29. The van der Waals surface area contributed by atoms with Crippen molar-refractivity contribution in [2.45, 2.75) is 32.7 Å². The Labute approximate surface area is 135 Å². The topological polar surface area (TPSA) is 60.1 Å². The summed E-state index contributed by atoms with van der Waals surface area (Å²) in [6.45, 7) is 5.29.